The van der Waals surface area contributed by atoms with Crippen LogP contribution in [0.5, 0.6) is 0 Å². The monoisotopic (exact) mass is 344 g/mol. The summed E-state index contributed by atoms with van der Waals surface area (Å²) in [5.74, 6) is 2.59. The Morgan fingerprint density at radius 1 is 1.33 bits per heavy atom. The first-order chi connectivity index (χ1) is 9.95. The van der Waals surface area contributed by atoms with Crippen LogP contribution < -0.4 is 5.32 Å². The van der Waals surface area contributed by atoms with Crippen molar-refractivity contribution in [2.24, 2.45) is 0 Å². The van der Waals surface area contributed by atoms with Gasteiger partial charge in [-0.3, -0.25) is 0 Å². The van der Waals surface area contributed by atoms with E-state index in [1.807, 2.05) is 11.3 Å². The van der Waals surface area contributed by atoms with Crippen molar-refractivity contribution in [1.29, 1.82) is 0 Å². The lowest BCUT2D eigenvalue weighted by molar-refractivity contribution is 0.512. The molecule has 0 saturated carbocycles. The second kappa shape index (κ2) is 7.71. The molecule has 1 aromatic rings. The fourth-order valence-electron chi connectivity index (χ4n) is 2.63. The summed E-state index contributed by atoms with van der Waals surface area (Å²) >= 11 is 6.14. The molecule has 1 N–H and O–H groups in total. The van der Waals surface area contributed by atoms with Gasteiger partial charge in [-0.2, -0.15) is 23.5 Å². The number of thioether (sulfide) groups is 2. The molecule has 0 aliphatic carbocycles. The zero-order chi connectivity index (χ0) is 15.5. The lowest BCUT2D eigenvalue weighted by atomic mass is 9.93. The fourth-order valence-corrected chi connectivity index (χ4v) is 7.01. The standard InChI is InChI=1S/C16H28N2S3/c1-6-12-15(20-8-7-19-12)11(17-5)9-14-18-13(10-21-14)16(2,3)4/h10-12,15,17H,6-9H2,1-5H3. The van der Waals surface area contributed by atoms with E-state index in [-0.39, 0.29) is 5.41 Å². The van der Waals surface area contributed by atoms with Crippen molar-refractivity contribution < 1.29 is 0 Å². The Balaban J connectivity index is 2.06. The van der Waals surface area contributed by atoms with Crippen LogP contribution >= 0.6 is 34.9 Å². The highest BCUT2D eigenvalue weighted by atomic mass is 32.2. The highest BCUT2D eigenvalue weighted by Crippen LogP contribution is 2.36. The molecule has 1 aliphatic rings. The van der Waals surface area contributed by atoms with Crippen LogP contribution in [0.3, 0.4) is 0 Å². The molecule has 120 valence electrons. The van der Waals surface area contributed by atoms with Gasteiger partial charge in [-0.15, -0.1) is 11.3 Å². The van der Waals surface area contributed by atoms with Gasteiger partial charge in [-0.05, 0) is 13.5 Å². The molecule has 0 aromatic carbocycles. The van der Waals surface area contributed by atoms with Crippen molar-refractivity contribution in [2.75, 3.05) is 18.6 Å². The molecule has 5 heteroatoms. The number of hydrogen-bond donors (Lipinski definition) is 1. The minimum Gasteiger partial charge on any atom is -0.315 e. The van der Waals surface area contributed by atoms with Gasteiger partial charge in [-0.1, -0.05) is 27.7 Å². The average Bonchev–Trinajstić information content (AvgIpc) is 2.93. The Morgan fingerprint density at radius 3 is 2.62 bits per heavy atom. The van der Waals surface area contributed by atoms with Crippen LogP contribution in [0.25, 0.3) is 0 Å². The normalized spacial score (nSPS) is 25.0. The Bertz CT molecular complexity index is 439. The second-order valence-corrected chi connectivity index (χ2v) is 10.2. The van der Waals surface area contributed by atoms with Crippen LogP contribution in [-0.2, 0) is 11.8 Å². The van der Waals surface area contributed by atoms with Gasteiger partial charge in [0.05, 0.1) is 10.7 Å². The van der Waals surface area contributed by atoms with Crippen molar-refractivity contribution in [1.82, 2.24) is 10.3 Å². The van der Waals surface area contributed by atoms with E-state index in [1.54, 1.807) is 0 Å². The highest BCUT2D eigenvalue weighted by molar-refractivity contribution is 8.07. The molecular weight excluding hydrogens is 316 g/mol. The number of thiazole rings is 1. The summed E-state index contributed by atoms with van der Waals surface area (Å²) in [6.45, 7) is 9.04. The summed E-state index contributed by atoms with van der Waals surface area (Å²) < 4.78 is 0. The number of likely N-dealkylation sites (N-methyl/N-ethyl adjacent to an activating group) is 1. The molecule has 3 atom stereocenters. The number of nitrogens with one attached hydrogen (secondary N) is 1. The second-order valence-electron chi connectivity index (χ2n) is 6.63. The highest BCUT2D eigenvalue weighted by Gasteiger charge is 2.32. The van der Waals surface area contributed by atoms with Gasteiger partial charge in [0.2, 0.25) is 0 Å². The summed E-state index contributed by atoms with van der Waals surface area (Å²) in [5, 5.41) is 8.58. The molecule has 0 bridgehead atoms. The number of hydrogen-bond acceptors (Lipinski definition) is 5. The molecule has 2 heterocycles. The lowest BCUT2D eigenvalue weighted by Gasteiger charge is -2.35. The third-order valence-corrected chi connectivity index (χ3v) is 8.25. The molecule has 1 saturated heterocycles. The fraction of sp³-hybridized carbons (Fsp3) is 0.812. The first kappa shape index (κ1) is 17.6. The lowest BCUT2D eigenvalue weighted by Crippen LogP contribution is -2.45. The van der Waals surface area contributed by atoms with Crippen LogP contribution in [0, 0.1) is 0 Å². The molecule has 3 unspecified atom stereocenters. The third-order valence-electron chi connectivity index (χ3n) is 3.98. The molecule has 2 nitrogen and oxygen atoms in total. The van der Waals surface area contributed by atoms with Gasteiger partial charge >= 0.3 is 0 Å². The molecule has 0 amide bonds. The third kappa shape index (κ3) is 4.63. The minimum atomic E-state index is 0.158. The largest absolute Gasteiger partial charge is 0.315 e. The summed E-state index contributed by atoms with van der Waals surface area (Å²) in [6, 6.07) is 0.534. The van der Waals surface area contributed by atoms with Gasteiger partial charge in [0.15, 0.2) is 0 Å². The topological polar surface area (TPSA) is 24.9 Å². The van der Waals surface area contributed by atoms with Crippen molar-refractivity contribution in [3.05, 3.63) is 16.1 Å². The van der Waals surface area contributed by atoms with Crippen LogP contribution in [0.1, 0.15) is 44.8 Å². The number of aromatic nitrogens is 1. The molecule has 1 aliphatic heterocycles. The molecule has 0 spiro atoms. The van der Waals surface area contributed by atoms with E-state index in [0.29, 0.717) is 11.3 Å². The van der Waals surface area contributed by atoms with Gasteiger partial charge in [0, 0.05) is 45.3 Å². The Labute approximate surface area is 142 Å². The first-order valence-electron chi connectivity index (χ1n) is 7.81. The quantitative estimate of drug-likeness (QED) is 0.865. The van der Waals surface area contributed by atoms with Gasteiger partial charge < -0.3 is 5.32 Å². The van der Waals surface area contributed by atoms with Gasteiger partial charge in [-0.25, -0.2) is 4.98 Å². The molecule has 21 heavy (non-hydrogen) atoms. The zero-order valence-corrected chi connectivity index (χ0v) is 16.3. The summed E-state index contributed by atoms with van der Waals surface area (Å²) in [4.78, 5) is 4.88. The predicted molar refractivity (Wildman–Crippen MR) is 100 cm³/mol. The Kier molecular flexibility index (Phi) is 6.48. The molecule has 2 rings (SSSR count). The van der Waals surface area contributed by atoms with Gasteiger partial charge in [0.1, 0.15) is 0 Å². The minimum absolute atomic E-state index is 0.158. The van der Waals surface area contributed by atoms with E-state index >= 15 is 0 Å². The van der Waals surface area contributed by atoms with Crippen molar-refractivity contribution >= 4 is 34.9 Å². The van der Waals surface area contributed by atoms with Crippen molar-refractivity contribution in [3.8, 4) is 0 Å². The number of nitrogens with zero attached hydrogens (tertiary/aromatic N) is 1. The summed E-state index contributed by atoms with van der Waals surface area (Å²) in [7, 11) is 2.11. The van der Waals surface area contributed by atoms with Crippen LogP contribution in [0.4, 0.5) is 0 Å². The predicted octanol–water partition coefficient (Wildman–Crippen LogP) is 4.20. The van der Waals surface area contributed by atoms with Crippen molar-refractivity contribution in [2.45, 2.75) is 62.5 Å². The first-order valence-corrected chi connectivity index (χ1v) is 10.8. The van der Waals surface area contributed by atoms with E-state index in [9.17, 15) is 0 Å². The smallest absolute Gasteiger partial charge is 0.0944 e. The van der Waals surface area contributed by atoms with Crippen LogP contribution in [0.15, 0.2) is 5.38 Å². The number of rotatable bonds is 5. The summed E-state index contributed by atoms with van der Waals surface area (Å²) in [6.07, 6.45) is 2.33. The van der Waals surface area contributed by atoms with Gasteiger partial charge in [0.25, 0.3) is 0 Å². The molecule has 1 aromatic heterocycles. The van der Waals surface area contributed by atoms with E-state index in [4.69, 9.17) is 4.98 Å². The Hall–Kier alpha value is 0.290. The van der Waals surface area contributed by atoms with E-state index in [1.165, 1.54) is 28.6 Å². The molecule has 0 radical (unpaired) electrons. The average molecular weight is 345 g/mol. The SMILES string of the molecule is CCC1SCCSC1C(Cc1nc(C(C)(C)C)cs1)NC. The van der Waals surface area contributed by atoms with Crippen molar-refractivity contribution in [3.63, 3.8) is 0 Å². The molecule has 1 fully saturated rings. The van der Waals surface area contributed by atoms with E-state index < -0.39 is 0 Å². The molecular formula is C16H28N2S3. The summed E-state index contributed by atoms with van der Waals surface area (Å²) in [5.41, 5.74) is 1.39. The maximum absolute atomic E-state index is 4.88. The maximum atomic E-state index is 4.88. The van der Waals surface area contributed by atoms with Crippen LogP contribution in [0.2, 0.25) is 0 Å². The maximum Gasteiger partial charge on any atom is 0.0944 e. The van der Waals surface area contributed by atoms with E-state index in [0.717, 1.165) is 11.7 Å². The van der Waals surface area contributed by atoms with Crippen LogP contribution in [-0.4, -0.2) is 40.1 Å². The van der Waals surface area contributed by atoms with E-state index in [2.05, 4.69) is 69.0 Å². The Morgan fingerprint density at radius 2 is 2.05 bits per heavy atom. The zero-order valence-electron chi connectivity index (χ0n) is 13.8.